The summed E-state index contributed by atoms with van der Waals surface area (Å²) >= 11 is 12.5. The Kier molecular flexibility index (Phi) is 6.67. The van der Waals surface area contributed by atoms with Gasteiger partial charge in [-0.25, -0.2) is 4.68 Å². The van der Waals surface area contributed by atoms with Gasteiger partial charge in [0.1, 0.15) is 24.7 Å². The molecule has 4 aromatic rings. The number of allylic oxidation sites excluding steroid dienone is 1. The van der Waals surface area contributed by atoms with E-state index < -0.39 is 6.04 Å². The highest BCUT2D eigenvalue weighted by atomic mass is 35.5. The second-order valence-electron chi connectivity index (χ2n) is 8.42. The number of carbonyl (C=O) groups is 1. The number of para-hydroxylation sites is 1. The van der Waals surface area contributed by atoms with E-state index in [1.165, 1.54) is 6.33 Å². The zero-order chi connectivity index (χ0) is 25.2. The van der Waals surface area contributed by atoms with Gasteiger partial charge in [0.15, 0.2) is 0 Å². The number of amides is 1. The maximum atomic E-state index is 13.5. The Hall–Kier alpha value is -3.81. The Labute approximate surface area is 218 Å². The van der Waals surface area contributed by atoms with Crippen LogP contribution in [-0.4, -0.2) is 20.7 Å². The second-order valence-corrected chi connectivity index (χ2v) is 9.24. The molecule has 1 atom stereocenters. The molecular formula is C27H23Cl2N5O2. The summed E-state index contributed by atoms with van der Waals surface area (Å²) in [4.78, 5) is 17.8. The highest BCUT2D eigenvalue weighted by molar-refractivity contribution is 6.35. The van der Waals surface area contributed by atoms with Crippen molar-refractivity contribution in [2.45, 2.75) is 26.5 Å². The van der Waals surface area contributed by atoms with Crippen molar-refractivity contribution in [2.75, 3.05) is 10.6 Å². The summed E-state index contributed by atoms with van der Waals surface area (Å²) in [6.07, 6.45) is 1.47. The molecule has 0 bridgehead atoms. The number of nitrogens with zero attached hydrogens (tertiary/aromatic N) is 3. The smallest absolute Gasteiger partial charge is 0.255 e. The first-order chi connectivity index (χ1) is 17.4. The molecule has 3 aromatic carbocycles. The van der Waals surface area contributed by atoms with Gasteiger partial charge in [0, 0.05) is 27.0 Å². The number of hydrogen-bond donors (Lipinski definition) is 2. The molecule has 36 heavy (non-hydrogen) atoms. The van der Waals surface area contributed by atoms with Gasteiger partial charge in [-0.3, -0.25) is 4.79 Å². The molecule has 0 saturated carbocycles. The lowest BCUT2D eigenvalue weighted by atomic mass is 9.95. The van der Waals surface area contributed by atoms with Crippen molar-refractivity contribution in [1.82, 2.24) is 14.8 Å². The highest BCUT2D eigenvalue weighted by Crippen LogP contribution is 2.36. The fraction of sp³-hybridized carbons (Fsp3) is 0.148. The molecule has 2 heterocycles. The molecule has 7 nitrogen and oxygen atoms in total. The minimum Gasteiger partial charge on any atom is -0.489 e. The Balaban J connectivity index is 1.42. The summed E-state index contributed by atoms with van der Waals surface area (Å²) < 4.78 is 7.64. The zero-order valence-corrected chi connectivity index (χ0v) is 21.1. The lowest BCUT2D eigenvalue weighted by Gasteiger charge is -2.29. The summed E-state index contributed by atoms with van der Waals surface area (Å²) in [5, 5.41) is 11.7. The first-order valence-corrected chi connectivity index (χ1v) is 12.1. The maximum Gasteiger partial charge on any atom is 0.255 e. The van der Waals surface area contributed by atoms with Crippen molar-refractivity contribution in [3.63, 3.8) is 0 Å². The average molecular weight is 520 g/mol. The fourth-order valence-corrected chi connectivity index (χ4v) is 4.67. The van der Waals surface area contributed by atoms with Crippen LogP contribution >= 0.6 is 23.2 Å². The van der Waals surface area contributed by atoms with Crippen molar-refractivity contribution in [3.05, 3.63) is 111 Å². The number of anilines is 2. The third kappa shape index (κ3) is 4.67. The van der Waals surface area contributed by atoms with E-state index in [0.29, 0.717) is 33.0 Å². The average Bonchev–Trinajstić information content (AvgIpc) is 3.33. The summed E-state index contributed by atoms with van der Waals surface area (Å²) in [5.41, 5.74) is 4.58. The van der Waals surface area contributed by atoms with E-state index in [0.717, 1.165) is 22.4 Å². The predicted molar refractivity (Wildman–Crippen MR) is 142 cm³/mol. The van der Waals surface area contributed by atoms with Crippen molar-refractivity contribution in [2.24, 2.45) is 0 Å². The molecule has 0 unspecified atom stereocenters. The van der Waals surface area contributed by atoms with Crippen LogP contribution in [-0.2, 0) is 11.4 Å². The van der Waals surface area contributed by atoms with Crippen LogP contribution < -0.4 is 15.4 Å². The van der Waals surface area contributed by atoms with E-state index in [1.807, 2.05) is 62.4 Å². The molecule has 0 radical (unpaired) electrons. The van der Waals surface area contributed by atoms with Crippen molar-refractivity contribution < 1.29 is 9.53 Å². The third-order valence-corrected chi connectivity index (χ3v) is 6.78. The molecule has 0 fully saturated rings. The van der Waals surface area contributed by atoms with Crippen LogP contribution in [0.25, 0.3) is 0 Å². The minimum absolute atomic E-state index is 0.214. The van der Waals surface area contributed by atoms with Gasteiger partial charge in [-0.1, -0.05) is 59.6 Å². The lowest BCUT2D eigenvalue weighted by Crippen LogP contribution is -2.31. The van der Waals surface area contributed by atoms with Crippen molar-refractivity contribution in [3.8, 4) is 5.75 Å². The summed E-state index contributed by atoms with van der Waals surface area (Å²) in [6.45, 7) is 4.06. The van der Waals surface area contributed by atoms with Crippen molar-refractivity contribution >= 4 is 40.7 Å². The van der Waals surface area contributed by atoms with Gasteiger partial charge in [0.25, 0.3) is 5.91 Å². The Bertz CT molecular complexity index is 1440. The van der Waals surface area contributed by atoms with E-state index in [-0.39, 0.29) is 12.5 Å². The molecule has 182 valence electrons. The molecule has 1 aromatic heterocycles. The van der Waals surface area contributed by atoms with Crippen LogP contribution in [0, 0.1) is 6.92 Å². The minimum atomic E-state index is -0.472. The number of nitrogens with one attached hydrogen (secondary N) is 2. The number of rotatable bonds is 6. The van der Waals surface area contributed by atoms with E-state index in [2.05, 4.69) is 20.7 Å². The van der Waals surface area contributed by atoms with Gasteiger partial charge in [-0.2, -0.15) is 10.1 Å². The largest absolute Gasteiger partial charge is 0.489 e. The third-order valence-electron chi connectivity index (χ3n) is 6.07. The number of aryl methyl sites for hydroxylation is 1. The Morgan fingerprint density at radius 3 is 2.47 bits per heavy atom. The summed E-state index contributed by atoms with van der Waals surface area (Å²) in [7, 11) is 0. The van der Waals surface area contributed by atoms with Crippen LogP contribution in [0.5, 0.6) is 5.75 Å². The SMILES string of the molecule is CC1=C(C(=O)Nc2ccccc2C)[C@@H](c2ccc(OCc3c(Cl)cccc3Cl)cc2)n2ncnc2N1. The van der Waals surface area contributed by atoms with E-state index in [9.17, 15) is 4.79 Å². The number of hydrogen-bond acceptors (Lipinski definition) is 5. The quantitative estimate of drug-likeness (QED) is 0.308. The van der Waals surface area contributed by atoms with Gasteiger partial charge in [0.2, 0.25) is 5.95 Å². The number of aromatic nitrogens is 3. The van der Waals surface area contributed by atoms with E-state index in [1.54, 1.807) is 22.9 Å². The van der Waals surface area contributed by atoms with Crippen LogP contribution in [0.1, 0.15) is 29.7 Å². The standard InChI is InChI=1S/C27H23Cl2N5O2/c1-16-6-3-4-9-23(16)33-26(35)24-17(2)32-27-30-15-31-34(27)25(24)18-10-12-19(13-11-18)36-14-20-21(28)7-5-8-22(20)29/h3-13,15,25H,14H2,1-2H3,(H,33,35)(H,30,31,32)/t25-/m1/s1. The normalized spacial score (nSPS) is 14.7. The number of halogens is 2. The number of carbonyl (C=O) groups excluding carboxylic acids is 1. The molecule has 0 aliphatic carbocycles. The summed E-state index contributed by atoms with van der Waals surface area (Å²) in [6, 6.07) is 20.1. The number of benzene rings is 3. The monoisotopic (exact) mass is 519 g/mol. The molecule has 9 heteroatoms. The zero-order valence-electron chi connectivity index (χ0n) is 19.6. The number of fused-ring (bicyclic) bond motifs is 1. The maximum absolute atomic E-state index is 13.5. The molecule has 5 rings (SSSR count). The predicted octanol–water partition coefficient (Wildman–Crippen LogP) is 6.40. The number of ether oxygens (including phenoxy) is 1. The van der Waals surface area contributed by atoms with Crippen molar-refractivity contribution in [1.29, 1.82) is 0 Å². The topological polar surface area (TPSA) is 81.1 Å². The molecule has 1 aliphatic heterocycles. The second kappa shape index (κ2) is 10.0. The van der Waals surface area contributed by atoms with Gasteiger partial charge in [0.05, 0.1) is 5.57 Å². The van der Waals surface area contributed by atoms with Gasteiger partial charge >= 0.3 is 0 Å². The first kappa shape index (κ1) is 23.9. The van der Waals surface area contributed by atoms with Crippen LogP contribution in [0.2, 0.25) is 10.0 Å². The summed E-state index contributed by atoms with van der Waals surface area (Å²) in [5.74, 6) is 1.00. The molecule has 0 spiro atoms. The van der Waals surface area contributed by atoms with Gasteiger partial charge < -0.3 is 15.4 Å². The Morgan fingerprint density at radius 2 is 1.75 bits per heavy atom. The van der Waals surface area contributed by atoms with Crippen LogP contribution in [0.3, 0.4) is 0 Å². The van der Waals surface area contributed by atoms with Gasteiger partial charge in [-0.05, 0) is 55.3 Å². The molecular weight excluding hydrogens is 497 g/mol. The van der Waals surface area contributed by atoms with Crippen LogP contribution in [0.15, 0.2) is 84.3 Å². The lowest BCUT2D eigenvalue weighted by molar-refractivity contribution is -0.113. The first-order valence-electron chi connectivity index (χ1n) is 11.3. The van der Waals surface area contributed by atoms with Gasteiger partial charge in [-0.15, -0.1) is 0 Å². The molecule has 1 amide bonds. The fourth-order valence-electron chi connectivity index (χ4n) is 4.17. The highest BCUT2D eigenvalue weighted by Gasteiger charge is 2.33. The molecule has 1 aliphatic rings. The van der Waals surface area contributed by atoms with Crippen LogP contribution in [0.4, 0.5) is 11.6 Å². The molecule has 2 N–H and O–H groups in total. The molecule has 0 saturated heterocycles. The Morgan fingerprint density at radius 1 is 1.03 bits per heavy atom. The van der Waals surface area contributed by atoms with E-state index >= 15 is 0 Å². The van der Waals surface area contributed by atoms with E-state index in [4.69, 9.17) is 27.9 Å².